The summed E-state index contributed by atoms with van der Waals surface area (Å²) in [6, 6.07) is 7.34. The zero-order chi connectivity index (χ0) is 18.2. The standard InChI is InChI=1S/C20H30N2O3/c1-4-5-14-25-18-8-6-17(7-9-18)20(24)22-12-10-21(11-13-22)19(23)15-16(2)3/h6-9,16H,4-5,10-15H2,1-3H3. The van der Waals surface area contributed by atoms with E-state index in [9.17, 15) is 9.59 Å². The van der Waals surface area contributed by atoms with Crippen molar-refractivity contribution in [3.05, 3.63) is 29.8 Å². The van der Waals surface area contributed by atoms with Gasteiger partial charge in [0.1, 0.15) is 5.75 Å². The van der Waals surface area contributed by atoms with Crippen LogP contribution in [0.25, 0.3) is 0 Å². The molecule has 0 aliphatic carbocycles. The average molecular weight is 346 g/mol. The van der Waals surface area contributed by atoms with Gasteiger partial charge in [-0.05, 0) is 36.6 Å². The summed E-state index contributed by atoms with van der Waals surface area (Å²) < 4.78 is 5.63. The van der Waals surface area contributed by atoms with E-state index in [-0.39, 0.29) is 11.8 Å². The fraction of sp³-hybridized carbons (Fsp3) is 0.600. The molecule has 1 aliphatic heterocycles. The van der Waals surface area contributed by atoms with Crippen LogP contribution in [0.1, 0.15) is 50.4 Å². The minimum atomic E-state index is 0.0241. The maximum Gasteiger partial charge on any atom is 0.253 e. The van der Waals surface area contributed by atoms with E-state index >= 15 is 0 Å². The first-order valence-corrected chi connectivity index (χ1v) is 9.31. The lowest BCUT2D eigenvalue weighted by Crippen LogP contribution is -2.50. The third kappa shape index (κ3) is 5.76. The fourth-order valence-corrected chi connectivity index (χ4v) is 2.85. The molecule has 0 atom stereocenters. The van der Waals surface area contributed by atoms with Crippen molar-refractivity contribution in [3.8, 4) is 5.75 Å². The predicted molar refractivity (Wildman–Crippen MR) is 98.8 cm³/mol. The third-order valence-corrected chi connectivity index (χ3v) is 4.37. The number of carbonyl (C=O) groups excluding carboxylic acids is 2. The second-order valence-electron chi connectivity index (χ2n) is 7.00. The van der Waals surface area contributed by atoms with E-state index in [0.717, 1.165) is 18.6 Å². The number of unbranched alkanes of at least 4 members (excludes halogenated alkanes) is 1. The molecule has 0 bridgehead atoms. The van der Waals surface area contributed by atoms with Crippen LogP contribution in [0.4, 0.5) is 0 Å². The van der Waals surface area contributed by atoms with Gasteiger partial charge in [-0.1, -0.05) is 27.2 Å². The highest BCUT2D eigenvalue weighted by Gasteiger charge is 2.25. The molecule has 0 N–H and O–H groups in total. The first kappa shape index (κ1) is 19.3. The van der Waals surface area contributed by atoms with Crippen molar-refractivity contribution in [2.24, 2.45) is 5.92 Å². The highest BCUT2D eigenvalue weighted by molar-refractivity contribution is 5.94. The Kier molecular flexibility index (Phi) is 7.29. The number of benzene rings is 1. The van der Waals surface area contributed by atoms with Crippen LogP contribution in [0.5, 0.6) is 5.75 Å². The summed E-state index contributed by atoms with van der Waals surface area (Å²) in [5, 5.41) is 0. The van der Waals surface area contributed by atoms with Crippen LogP contribution in [0.2, 0.25) is 0 Å². The molecule has 1 aliphatic rings. The Bertz CT molecular complexity index is 561. The zero-order valence-corrected chi connectivity index (χ0v) is 15.7. The van der Waals surface area contributed by atoms with Crippen LogP contribution in [-0.2, 0) is 4.79 Å². The molecule has 25 heavy (non-hydrogen) atoms. The van der Waals surface area contributed by atoms with E-state index in [4.69, 9.17) is 4.74 Å². The first-order chi connectivity index (χ1) is 12.0. The van der Waals surface area contributed by atoms with Gasteiger partial charge >= 0.3 is 0 Å². The summed E-state index contributed by atoms with van der Waals surface area (Å²) in [6.07, 6.45) is 2.70. The first-order valence-electron chi connectivity index (χ1n) is 9.31. The van der Waals surface area contributed by atoms with Crippen molar-refractivity contribution in [2.45, 2.75) is 40.0 Å². The molecule has 0 saturated carbocycles. The molecule has 5 nitrogen and oxygen atoms in total. The molecule has 0 unspecified atom stereocenters. The van der Waals surface area contributed by atoms with Gasteiger partial charge in [-0.25, -0.2) is 0 Å². The van der Waals surface area contributed by atoms with E-state index in [1.807, 2.05) is 47.9 Å². The van der Waals surface area contributed by atoms with Crippen LogP contribution in [0.15, 0.2) is 24.3 Å². The number of amides is 2. The Morgan fingerprint density at radius 2 is 1.64 bits per heavy atom. The van der Waals surface area contributed by atoms with Gasteiger partial charge in [-0.2, -0.15) is 0 Å². The lowest BCUT2D eigenvalue weighted by Gasteiger charge is -2.35. The summed E-state index contributed by atoms with van der Waals surface area (Å²) >= 11 is 0. The Balaban J connectivity index is 1.84. The Hall–Kier alpha value is -2.04. The maximum absolute atomic E-state index is 12.6. The van der Waals surface area contributed by atoms with Gasteiger partial charge in [-0.15, -0.1) is 0 Å². The molecule has 1 aromatic carbocycles. The Morgan fingerprint density at radius 3 is 2.20 bits per heavy atom. The molecule has 0 aromatic heterocycles. The quantitative estimate of drug-likeness (QED) is 0.713. The SMILES string of the molecule is CCCCOc1ccc(C(=O)N2CCN(C(=O)CC(C)C)CC2)cc1. The third-order valence-electron chi connectivity index (χ3n) is 4.37. The van der Waals surface area contributed by atoms with Crippen molar-refractivity contribution in [1.82, 2.24) is 9.80 Å². The molecule has 0 radical (unpaired) electrons. The number of hydrogen-bond donors (Lipinski definition) is 0. The Morgan fingerprint density at radius 1 is 1.04 bits per heavy atom. The molecule has 138 valence electrons. The molecule has 1 fully saturated rings. The van der Waals surface area contributed by atoms with Gasteiger partial charge < -0.3 is 14.5 Å². The van der Waals surface area contributed by atoms with Gasteiger partial charge in [0.15, 0.2) is 0 Å². The van der Waals surface area contributed by atoms with Crippen molar-refractivity contribution in [2.75, 3.05) is 32.8 Å². The van der Waals surface area contributed by atoms with E-state index in [1.165, 1.54) is 0 Å². The van der Waals surface area contributed by atoms with Gasteiger partial charge in [0.05, 0.1) is 6.61 Å². The van der Waals surface area contributed by atoms with E-state index < -0.39 is 0 Å². The normalized spacial score (nSPS) is 14.7. The highest BCUT2D eigenvalue weighted by Crippen LogP contribution is 2.16. The fourth-order valence-electron chi connectivity index (χ4n) is 2.85. The van der Waals surface area contributed by atoms with Crippen LogP contribution in [0, 0.1) is 5.92 Å². The van der Waals surface area contributed by atoms with E-state index in [2.05, 4.69) is 6.92 Å². The topological polar surface area (TPSA) is 49.9 Å². The van der Waals surface area contributed by atoms with E-state index in [1.54, 1.807) is 0 Å². The van der Waals surface area contributed by atoms with Gasteiger partial charge in [0.25, 0.3) is 5.91 Å². The zero-order valence-electron chi connectivity index (χ0n) is 15.7. The molecular weight excluding hydrogens is 316 g/mol. The maximum atomic E-state index is 12.6. The largest absolute Gasteiger partial charge is 0.494 e. The second kappa shape index (κ2) is 9.44. The average Bonchev–Trinajstić information content (AvgIpc) is 2.61. The summed E-state index contributed by atoms with van der Waals surface area (Å²) in [7, 11) is 0. The molecule has 1 aromatic rings. The van der Waals surface area contributed by atoms with Gasteiger partial charge in [-0.3, -0.25) is 9.59 Å². The number of hydrogen-bond acceptors (Lipinski definition) is 3. The smallest absolute Gasteiger partial charge is 0.253 e. The summed E-state index contributed by atoms with van der Waals surface area (Å²) in [5.41, 5.74) is 0.671. The number of nitrogens with zero attached hydrogens (tertiary/aromatic N) is 2. The molecule has 5 heteroatoms. The number of carbonyl (C=O) groups is 2. The van der Waals surface area contributed by atoms with E-state index in [0.29, 0.717) is 50.7 Å². The van der Waals surface area contributed by atoms with Crippen LogP contribution in [0.3, 0.4) is 0 Å². The highest BCUT2D eigenvalue weighted by atomic mass is 16.5. The lowest BCUT2D eigenvalue weighted by atomic mass is 10.1. The predicted octanol–water partition coefficient (Wildman–Crippen LogP) is 3.20. The monoisotopic (exact) mass is 346 g/mol. The molecule has 0 spiro atoms. The number of ether oxygens (including phenoxy) is 1. The molecule has 1 heterocycles. The number of piperazine rings is 1. The minimum absolute atomic E-state index is 0.0241. The van der Waals surface area contributed by atoms with Crippen LogP contribution >= 0.6 is 0 Å². The van der Waals surface area contributed by atoms with Crippen molar-refractivity contribution >= 4 is 11.8 Å². The Labute approximate surface area is 150 Å². The molecule has 1 saturated heterocycles. The molecule has 2 rings (SSSR count). The lowest BCUT2D eigenvalue weighted by molar-refractivity contribution is -0.133. The van der Waals surface area contributed by atoms with Crippen molar-refractivity contribution in [3.63, 3.8) is 0 Å². The van der Waals surface area contributed by atoms with Gasteiger partial charge in [0.2, 0.25) is 5.91 Å². The van der Waals surface area contributed by atoms with Crippen LogP contribution in [-0.4, -0.2) is 54.4 Å². The summed E-state index contributed by atoms with van der Waals surface area (Å²) in [4.78, 5) is 28.4. The summed E-state index contributed by atoms with van der Waals surface area (Å²) in [6.45, 7) is 9.36. The molecular formula is C20H30N2O3. The molecule has 2 amide bonds. The minimum Gasteiger partial charge on any atom is -0.494 e. The van der Waals surface area contributed by atoms with Crippen molar-refractivity contribution in [1.29, 1.82) is 0 Å². The second-order valence-corrected chi connectivity index (χ2v) is 7.00. The summed E-state index contributed by atoms with van der Waals surface area (Å²) in [5.74, 6) is 1.38. The van der Waals surface area contributed by atoms with Gasteiger partial charge in [0, 0.05) is 38.2 Å². The number of rotatable bonds is 7. The van der Waals surface area contributed by atoms with Crippen LogP contribution < -0.4 is 4.74 Å². The van der Waals surface area contributed by atoms with Crippen molar-refractivity contribution < 1.29 is 14.3 Å².